The van der Waals surface area contributed by atoms with E-state index in [1.165, 1.54) is 6.07 Å². The van der Waals surface area contributed by atoms with Gasteiger partial charge < -0.3 is 15.0 Å². The summed E-state index contributed by atoms with van der Waals surface area (Å²) >= 11 is 0. The van der Waals surface area contributed by atoms with Crippen LogP contribution in [-0.4, -0.2) is 43.7 Å². The van der Waals surface area contributed by atoms with E-state index >= 15 is 0 Å². The maximum atomic E-state index is 14.0. The molecule has 116 valence electrons. The third-order valence-corrected chi connectivity index (χ3v) is 3.48. The number of hydrogen-bond donors (Lipinski definition) is 1. The first kappa shape index (κ1) is 15.9. The molecule has 1 aliphatic rings. The van der Waals surface area contributed by atoms with E-state index in [-0.39, 0.29) is 18.1 Å². The summed E-state index contributed by atoms with van der Waals surface area (Å²) in [6.07, 6.45) is 0.866. The molecule has 0 aliphatic carbocycles. The summed E-state index contributed by atoms with van der Waals surface area (Å²) in [6, 6.07) is 3.70. The van der Waals surface area contributed by atoms with Crippen molar-refractivity contribution in [3.05, 3.63) is 35.4 Å². The molecule has 1 fully saturated rings. The lowest BCUT2D eigenvalue weighted by atomic mass is 10.0. The summed E-state index contributed by atoms with van der Waals surface area (Å²) in [6.45, 7) is 3.96. The van der Waals surface area contributed by atoms with Gasteiger partial charge in [-0.25, -0.2) is 8.78 Å². The molecular formula is C15H20F2N2O2. The Bertz CT molecular complexity index is 497. The number of halogens is 2. The predicted molar refractivity (Wildman–Crippen MR) is 74.8 cm³/mol. The zero-order valence-corrected chi connectivity index (χ0v) is 12.1. The smallest absolute Gasteiger partial charge is 0.248 e. The third kappa shape index (κ3) is 3.98. The lowest BCUT2D eigenvalue weighted by Gasteiger charge is -2.31. The Morgan fingerprint density at radius 3 is 2.95 bits per heavy atom. The fraction of sp³-hybridized carbons (Fsp3) is 0.533. The van der Waals surface area contributed by atoms with Gasteiger partial charge in [0.2, 0.25) is 5.91 Å². The van der Waals surface area contributed by atoms with E-state index in [1.807, 2.05) is 6.92 Å². The number of morpholine rings is 1. The quantitative estimate of drug-likeness (QED) is 0.871. The van der Waals surface area contributed by atoms with Crippen molar-refractivity contribution in [1.82, 2.24) is 10.2 Å². The first-order valence-electron chi connectivity index (χ1n) is 7.16. The first-order valence-corrected chi connectivity index (χ1v) is 7.16. The topological polar surface area (TPSA) is 41.6 Å². The van der Waals surface area contributed by atoms with Crippen molar-refractivity contribution in [2.24, 2.45) is 0 Å². The molecule has 21 heavy (non-hydrogen) atoms. The summed E-state index contributed by atoms with van der Waals surface area (Å²) in [4.78, 5) is 13.4. The molecule has 0 radical (unpaired) electrons. The number of nitrogens with one attached hydrogen (secondary N) is 1. The zero-order chi connectivity index (χ0) is 15.2. The highest BCUT2D eigenvalue weighted by Gasteiger charge is 2.25. The number of hydrogen-bond acceptors (Lipinski definition) is 3. The van der Waals surface area contributed by atoms with Crippen LogP contribution in [0.3, 0.4) is 0 Å². The van der Waals surface area contributed by atoms with Gasteiger partial charge in [0.15, 0.2) is 11.6 Å². The van der Waals surface area contributed by atoms with E-state index in [1.54, 1.807) is 11.0 Å². The van der Waals surface area contributed by atoms with Crippen LogP contribution in [0.4, 0.5) is 8.78 Å². The molecule has 1 atom stereocenters. The first-order chi connectivity index (χ1) is 10.1. The number of ether oxygens (including phenoxy) is 1. The van der Waals surface area contributed by atoms with Crippen molar-refractivity contribution in [3.63, 3.8) is 0 Å². The molecule has 0 aromatic heterocycles. The normalized spacial score (nSPS) is 17.1. The Morgan fingerprint density at radius 1 is 1.43 bits per heavy atom. The van der Waals surface area contributed by atoms with Gasteiger partial charge in [-0.2, -0.15) is 0 Å². The molecule has 1 aliphatic heterocycles. The number of rotatable bonds is 6. The lowest BCUT2D eigenvalue weighted by molar-refractivity contribution is -0.143. The van der Waals surface area contributed by atoms with Crippen molar-refractivity contribution in [2.75, 3.05) is 32.8 Å². The van der Waals surface area contributed by atoms with Crippen molar-refractivity contribution in [1.29, 1.82) is 0 Å². The van der Waals surface area contributed by atoms with Crippen LogP contribution >= 0.6 is 0 Å². The molecule has 1 N–H and O–H groups in total. The van der Waals surface area contributed by atoms with Crippen LogP contribution in [0.25, 0.3) is 0 Å². The Balaban J connectivity index is 2.17. The van der Waals surface area contributed by atoms with E-state index < -0.39 is 17.7 Å². The Hall–Kier alpha value is -1.53. The average molecular weight is 298 g/mol. The summed E-state index contributed by atoms with van der Waals surface area (Å²) in [5.41, 5.74) is 0.253. The standard InChI is InChI=1S/C15H20F2N2O2/c1-2-6-18-13(9-19-7-8-21-10-14(19)20)11-4-3-5-12(16)15(11)17/h3-5,13,18H,2,6-10H2,1H3. The monoisotopic (exact) mass is 298 g/mol. The predicted octanol–water partition coefficient (Wildman–Crippen LogP) is 1.86. The van der Waals surface area contributed by atoms with Gasteiger partial charge in [0, 0.05) is 18.7 Å². The van der Waals surface area contributed by atoms with Gasteiger partial charge in [-0.1, -0.05) is 19.1 Å². The zero-order valence-electron chi connectivity index (χ0n) is 12.1. The van der Waals surface area contributed by atoms with Gasteiger partial charge in [0.05, 0.1) is 12.6 Å². The van der Waals surface area contributed by atoms with Gasteiger partial charge in [0.25, 0.3) is 0 Å². The Kier molecular flexibility index (Phi) is 5.64. The molecule has 0 bridgehead atoms. The molecule has 1 amide bonds. The fourth-order valence-electron chi connectivity index (χ4n) is 2.34. The Labute approximate surface area is 123 Å². The number of benzene rings is 1. The molecule has 1 aromatic rings. The SMILES string of the molecule is CCCNC(CN1CCOCC1=O)c1cccc(F)c1F. The minimum Gasteiger partial charge on any atom is -0.370 e. The summed E-state index contributed by atoms with van der Waals surface area (Å²) < 4.78 is 32.5. The summed E-state index contributed by atoms with van der Waals surface area (Å²) in [5, 5.41) is 3.18. The Morgan fingerprint density at radius 2 is 2.24 bits per heavy atom. The minimum absolute atomic E-state index is 0.0477. The van der Waals surface area contributed by atoms with Crippen molar-refractivity contribution in [3.8, 4) is 0 Å². The molecule has 0 spiro atoms. The van der Waals surface area contributed by atoms with Crippen LogP contribution in [0.1, 0.15) is 24.9 Å². The molecule has 4 nitrogen and oxygen atoms in total. The van der Waals surface area contributed by atoms with Crippen LogP contribution in [0.15, 0.2) is 18.2 Å². The van der Waals surface area contributed by atoms with E-state index in [2.05, 4.69) is 5.32 Å². The number of amides is 1. The van der Waals surface area contributed by atoms with Crippen molar-refractivity contribution < 1.29 is 18.3 Å². The molecular weight excluding hydrogens is 278 g/mol. The summed E-state index contributed by atoms with van der Waals surface area (Å²) in [7, 11) is 0. The highest BCUT2D eigenvalue weighted by atomic mass is 19.2. The minimum atomic E-state index is -0.871. The largest absolute Gasteiger partial charge is 0.370 e. The lowest BCUT2D eigenvalue weighted by Crippen LogP contribution is -2.46. The van der Waals surface area contributed by atoms with Crippen molar-refractivity contribution in [2.45, 2.75) is 19.4 Å². The molecule has 1 unspecified atom stereocenters. The van der Waals surface area contributed by atoms with Gasteiger partial charge in [-0.05, 0) is 19.0 Å². The number of carbonyl (C=O) groups is 1. The molecule has 1 heterocycles. The molecule has 0 saturated carbocycles. The molecule has 1 saturated heterocycles. The van der Waals surface area contributed by atoms with Crippen LogP contribution < -0.4 is 5.32 Å². The van der Waals surface area contributed by atoms with Crippen molar-refractivity contribution >= 4 is 5.91 Å². The highest BCUT2D eigenvalue weighted by Crippen LogP contribution is 2.21. The average Bonchev–Trinajstić information content (AvgIpc) is 2.48. The van der Waals surface area contributed by atoms with E-state index in [4.69, 9.17) is 4.74 Å². The van der Waals surface area contributed by atoms with E-state index in [9.17, 15) is 13.6 Å². The van der Waals surface area contributed by atoms with Crippen LogP contribution in [0.2, 0.25) is 0 Å². The maximum Gasteiger partial charge on any atom is 0.248 e. The van der Waals surface area contributed by atoms with Crippen LogP contribution in [0.5, 0.6) is 0 Å². The van der Waals surface area contributed by atoms with E-state index in [0.29, 0.717) is 26.2 Å². The van der Waals surface area contributed by atoms with Gasteiger partial charge in [-0.3, -0.25) is 4.79 Å². The summed E-state index contributed by atoms with van der Waals surface area (Å²) in [5.74, 6) is -1.85. The van der Waals surface area contributed by atoms with Gasteiger partial charge >= 0.3 is 0 Å². The van der Waals surface area contributed by atoms with Crippen LogP contribution in [-0.2, 0) is 9.53 Å². The fourth-order valence-corrected chi connectivity index (χ4v) is 2.34. The highest BCUT2D eigenvalue weighted by molar-refractivity contribution is 5.78. The van der Waals surface area contributed by atoms with E-state index in [0.717, 1.165) is 12.5 Å². The second-order valence-corrected chi connectivity index (χ2v) is 5.04. The second kappa shape index (κ2) is 7.47. The molecule has 6 heteroatoms. The maximum absolute atomic E-state index is 14.0. The van der Waals surface area contributed by atoms with Gasteiger partial charge in [-0.15, -0.1) is 0 Å². The second-order valence-electron chi connectivity index (χ2n) is 5.04. The number of nitrogens with zero attached hydrogens (tertiary/aromatic N) is 1. The molecule has 1 aromatic carbocycles. The number of carbonyl (C=O) groups excluding carboxylic acids is 1. The molecule has 2 rings (SSSR count). The third-order valence-electron chi connectivity index (χ3n) is 3.48. The van der Waals surface area contributed by atoms with Gasteiger partial charge in [0.1, 0.15) is 6.61 Å². The van der Waals surface area contributed by atoms with Crippen LogP contribution in [0, 0.1) is 11.6 Å².